The van der Waals surface area contributed by atoms with E-state index in [9.17, 15) is 0 Å². The van der Waals surface area contributed by atoms with Crippen molar-refractivity contribution in [3.63, 3.8) is 0 Å². The fourth-order valence-corrected chi connectivity index (χ4v) is 0. The van der Waals surface area contributed by atoms with E-state index in [1.807, 2.05) is 0 Å². The normalized spacial score (nSPS) is 3.00. The SMILES string of the molecule is O.O.O.O=[N+]([O-])[O-].[Al+3]. The van der Waals surface area contributed by atoms with Crippen molar-refractivity contribution in [2.75, 3.05) is 0 Å². The molecule has 0 aliphatic rings. The van der Waals surface area contributed by atoms with Gasteiger partial charge < -0.3 is 31.8 Å². The van der Waals surface area contributed by atoms with Crippen LogP contribution in [0.4, 0.5) is 0 Å². The first-order valence-electron chi connectivity index (χ1n) is 0.548. The molecule has 0 unspecified atom stereocenters. The van der Waals surface area contributed by atoms with Crippen LogP contribution < -0.4 is 0 Å². The summed E-state index contributed by atoms with van der Waals surface area (Å²) in [6, 6.07) is 0. The minimum Gasteiger partial charge on any atom is -0.412 e. The van der Waals surface area contributed by atoms with Crippen molar-refractivity contribution in [3.05, 3.63) is 15.3 Å². The molecule has 0 atom stereocenters. The Bertz CT molecular complexity index is 31.5. The van der Waals surface area contributed by atoms with Crippen LogP contribution in [0, 0.1) is 15.3 Å². The van der Waals surface area contributed by atoms with Crippen LogP contribution >= 0.6 is 0 Å². The smallest absolute Gasteiger partial charge is 0.412 e. The molecule has 0 saturated heterocycles. The Morgan fingerprint density at radius 2 is 1.00 bits per heavy atom. The third-order valence-corrected chi connectivity index (χ3v) is 0. The van der Waals surface area contributed by atoms with Gasteiger partial charge in [0.1, 0.15) is 0 Å². The number of hydrogen-bond donors (Lipinski definition) is 0. The van der Waals surface area contributed by atoms with Crippen molar-refractivity contribution in [2.24, 2.45) is 0 Å². The topological polar surface area (TPSA) is 161 Å². The van der Waals surface area contributed by atoms with Crippen molar-refractivity contribution in [1.82, 2.24) is 0 Å². The molecule has 8 heteroatoms. The number of nitrogens with zero attached hydrogens (tertiary/aromatic N) is 1. The molecular formula is H6AlNO6+2. The quantitative estimate of drug-likeness (QED) is 0.200. The molecular weight excluding hydrogens is 137 g/mol. The van der Waals surface area contributed by atoms with Crippen molar-refractivity contribution in [2.45, 2.75) is 0 Å². The average molecular weight is 143 g/mol. The molecule has 8 heavy (non-hydrogen) atoms. The molecule has 0 aliphatic heterocycles. The van der Waals surface area contributed by atoms with Crippen LogP contribution in [0.15, 0.2) is 0 Å². The van der Waals surface area contributed by atoms with Gasteiger partial charge in [-0.3, -0.25) is 0 Å². The van der Waals surface area contributed by atoms with Crippen molar-refractivity contribution < 1.29 is 21.5 Å². The van der Waals surface area contributed by atoms with E-state index < -0.39 is 5.09 Å². The Hall–Kier alpha value is -0.388. The fraction of sp³-hybridized carbons (Fsp3) is 0. The van der Waals surface area contributed by atoms with E-state index >= 15 is 0 Å². The summed E-state index contributed by atoms with van der Waals surface area (Å²) >= 11 is 0. The molecule has 0 spiro atoms. The Morgan fingerprint density at radius 3 is 1.00 bits per heavy atom. The van der Waals surface area contributed by atoms with Crippen LogP contribution in [-0.4, -0.2) is 38.9 Å². The Balaban J connectivity index is -0.00000000750. The first-order valence-corrected chi connectivity index (χ1v) is 0.548. The largest absolute Gasteiger partial charge is 3.00 e. The van der Waals surface area contributed by atoms with Crippen molar-refractivity contribution >= 4 is 17.4 Å². The third-order valence-electron chi connectivity index (χ3n) is 0. The van der Waals surface area contributed by atoms with Gasteiger partial charge in [-0.2, -0.15) is 0 Å². The summed E-state index contributed by atoms with van der Waals surface area (Å²) in [6.45, 7) is 0. The summed E-state index contributed by atoms with van der Waals surface area (Å²) in [5.74, 6) is 0. The Morgan fingerprint density at radius 1 is 1.00 bits per heavy atom. The minimum atomic E-state index is -1.75. The molecule has 0 aromatic heterocycles. The molecule has 0 amide bonds. The van der Waals surface area contributed by atoms with Crippen LogP contribution in [0.25, 0.3) is 0 Å². The van der Waals surface area contributed by atoms with Gasteiger partial charge in [0.25, 0.3) is 0 Å². The maximum absolute atomic E-state index is 8.25. The van der Waals surface area contributed by atoms with Crippen LogP contribution in [-0.2, 0) is 0 Å². The second-order valence-corrected chi connectivity index (χ2v) is 0.224. The van der Waals surface area contributed by atoms with Gasteiger partial charge in [-0.15, -0.1) is 0 Å². The summed E-state index contributed by atoms with van der Waals surface area (Å²) in [4.78, 5) is 8.25. The van der Waals surface area contributed by atoms with E-state index in [2.05, 4.69) is 0 Å². The van der Waals surface area contributed by atoms with Gasteiger partial charge in [0, 0.05) is 0 Å². The summed E-state index contributed by atoms with van der Waals surface area (Å²) in [5.41, 5.74) is 0. The van der Waals surface area contributed by atoms with Crippen LogP contribution in [0.2, 0.25) is 0 Å². The number of rotatable bonds is 0. The van der Waals surface area contributed by atoms with Crippen LogP contribution in [0.5, 0.6) is 0 Å². The first kappa shape index (κ1) is 48.8. The molecule has 7 nitrogen and oxygen atoms in total. The van der Waals surface area contributed by atoms with E-state index in [1.54, 1.807) is 0 Å². The zero-order valence-corrected chi connectivity index (χ0v) is 4.90. The zero-order chi connectivity index (χ0) is 3.58. The predicted molar refractivity (Wildman–Crippen MR) is 27.0 cm³/mol. The van der Waals surface area contributed by atoms with Gasteiger partial charge in [-0.1, -0.05) is 0 Å². The van der Waals surface area contributed by atoms with Gasteiger partial charge in [0.05, 0.1) is 5.09 Å². The molecule has 0 aromatic carbocycles. The fourth-order valence-electron chi connectivity index (χ4n) is 0. The van der Waals surface area contributed by atoms with Gasteiger partial charge >= 0.3 is 17.4 Å². The van der Waals surface area contributed by atoms with E-state index in [4.69, 9.17) is 15.3 Å². The maximum Gasteiger partial charge on any atom is 3.00 e. The maximum atomic E-state index is 8.25. The van der Waals surface area contributed by atoms with E-state index in [1.165, 1.54) is 0 Å². The number of hydrogen-bond acceptors (Lipinski definition) is 3. The Kier molecular flexibility index (Phi) is 186. The first-order chi connectivity index (χ1) is 1.73. The molecule has 0 bridgehead atoms. The standard InChI is InChI=1S/Al.NO3.3H2O/c;2-1(3)4;;;/h;;3*1H2/q+3;-1;;;. The molecule has 48 valence electrons. The van der Waals surface area contributed by atoms with Crippen molar-refractivity contribution in [3.8, 4) is 0 Å². The molecule has 0 rings (SSSR count). The second kappa shape index (κ2) is 30.5. The summed E-state index contributed by atoms with van der Waals surface area (Å²) < 4.78 is 0. The molecule has 0 aliphatic carbocycles. The molecule has 6 N–H and O–H groups in total. The zero-order valence-electron chi connectivity index (χ0n) is 3.75. The summed E-state index contributed by atoms with van der Waals surface area (Å²) in [6.07, 6.45) is 0. The van der Waals surface area contributed by atoms with E-state index in [0.29, 0.717) is 0 Å². The van der Waals surface area contributed by atoms with Crippen LogP contribution in [0.1, 0.15) is 0 Å². The molecule has 0 fully saturated rings. The van der Waals surface area contributed by atoms with Gasteiger partial charge in [0.2, 0.25) is 0 Å². The molecule has 0 radical (unpaired) electrons. The van der Waals surface area contributed by atoms with Crippen LogP contribution in [0.3, 0.4) is 0 Å². The molecule has 0 aromatic rings. The second-order valence-electron chi connectivity index (χ2n) is 0.224. The summed E-state index contributed by atoms with van der Waals surface area (Å²) in [5, 5.41) is 14.8. The van der Waals surface area contributed by atoms with Gasteiger partial charge in [-0.05, 0) is 0 Å². The minimum absolute atomic E-state index is 0. The third kappa shape index (κ3) is 795. The predicted octanol–water partition coefficient (Wildman–Crippen LogP) is -3.09. The van der Waals surface area contributed by atoms with Gasteiger partial charge in [-0.25, -0.2) is 0 Å². The monoisotopic (exact) mass is 143 g/mol. The average Bonchev–Trinajstić information content (AvgIpc) is 0.811. The van der Waals surface area contributed by atoms with Gasteiger partial charge in [0.15, 0.2) is 0 Å². The summed E-state index contributed by atoms with van der Waals surface area (Å²) in [7, 11) is 0. The van der Waals surface area contributed by atoms with E-state index in [-0.39, 0.29) is 33.8 Å². The molecule has 0 saturated carbocycles. The molecule has 0 heterocycles. The Labute approximate surface area is 55.1 Å². The van der Waals surface area contributed by atoms with E-state index in [0.717, 1.165) is 0 Å². The van der Waals surface area contributed by atoms with Crippen molar-refractivity contribution in [1.29, 1.82) is 0 Å².